The van der Waals surface area contributed by atoms with Crippen LogP contribution in [0.15, 0.2) is 48.5 Å². The Kier molecular flexibility index (Phi) is 6.40. The molecule has 0 atom stereocenters. The van der Waals surface area contributed by atoms with E-state index in [9.17, 15) is 14.0 Å². The molecule has 1 heterocycles. The summed E-state index contributed by atoms with van der Waals surface area (Å²) < 4.78 is 20.3. The molecule has 0 unspecified atom stereocenters. The van der Waals surface area contributed by atoms with Gasteiger partial charge in [0.2, 0.25) is 0 Å². The molecule has 1 saturated carbocycles. The van der Waals surface area contributed by atoms with Crippen molar-refractivity contribution < 1.29 is 18.7 Å². The average Bonchev–Trinajstić information content (AvgIpc) is 2.77. The molecule has 0 bridgehead atoms. The van der Waals surface area contributed by atoms with Gasteiger partial charge >= 0.3 is 5.97 Å². The highest BCUT2D eigenvalue weighted by Gasteiger charge is 2.46. The fourth-order valence-corrected chi connectivity index (χ4v) is 4.92. The monoisotopic (exact) mass is 423 g/mol. The number of esters is 1. The van der Waals surface area contributed by atoms with E-state index in [0.717, 1.165) is 12.0 Å². The van der Waals surface area contributed by atoms with Crippen molar-refractivity contribution in [2.24, 2.45) is 11.3 Å². The van der Waals surface area contributed by atoms with E-state index in [0.29, 0.717) is 44.0 Å². The predicted octanol–water partition coefficient (Wildman–Crippen LogP) is 5.47. The van der Waals surface area contributed by atoms with Crippen molar-refractivity contribution in [3.8, 4) is 11.1 Å². The number of piperidine rings is 1. The number of nitrogens with zero attached hydrogens (tertiary/aromatic N) is 1. The van der Waals surface area contributed by atoms with Crippen LogP contribution in [0.3, 0.4) is 0 Å². The van der Waals surface area contributed by atoms with Crippen LogP contribution in [0.1, 0.15) is 55.8 Å². The number of carbonyl (C=O) groups is 2. The van der Waals surface area contributed by atoms with Gasteiger partial charge in [0.05, 0.1) is 17.6 Å². The first-order valence-corrected chi connectivity index (χ1v) is 11.3. The second-order valence-corrected chi connectivity index (χ2v) is 8.82. The fraction of sp³-hybridized carbons (Fsp3) is 0.462. The van der Waals surface area contributed by atoms with E-state index in [1.165, 1.54) is 25.3 Å². The number of hydrogen-bond donors (Lipinski definition) is 0. The number of carbonyl (C=O) groups excluding carboxylic acids is 2. The lowest BCUT2D eigenvalue weighted by Gasteiger charge is -2.43. The molecule has 2 aliphatic rings. The zero-order valence-corrected chi connectivity index (χ0v) is 18.1. The van der Waals surface area contributed by atoms with E-state index in [4.69, 9.17) is 4.74 Å². The van der Waals surface area contributed by atoms with E-state index in [1.54, 1.807) is 17.0 Å². The zero-order valence-electron chi connectivity index (χ0n) is 18.1. The van der Waals surface area contributed by atoms with Crippen LogP contribution in [0.25, 0.3) is 11.1 Å². The van der Waals surface area contributed by atoms with Gasteiger partial charge in [0.15, 0.2) is 0 Å². The van der Waals surface area contributed by atoms with E-state index in [-0.39, 0.29) is 17.4 Å². The molecule has 4 nitrogen and oxygen atoms in total. The average molecular weight is 424 g/mol. The van der Waals surface area contributed by atoms with Gasteiger partial charge in [0.1, 0.15) is 5.82 Å². The number of hydrogen-bond acceptors (Lipinski definition) is 3. The van der Waals surface area contributed by atoms with Crippen LogP contribution in [0.2, 0.25) is 0 Å². The maximum Gasteiger partial charge on any atom is 0.312 e. The Bertz CT molecular complexity index is 931. The zero-order chi connectivity index (χ0) is 21.8. The number of ether oxygens (including phenoxy) is 1. The lowest BCUT2D eigenvalue weighted by molar-refractivity contribution is -0.160. The highest BCUT2D eigenvalue weighted by Crippen LogP contribution is 2.45. The van der Waals surface area contributed by atoms with Gasteiger partial charge in [-0.25, -0.2) is 4.39 Å². The summed E-state index contributed by atoms with van der Waals surface area (Å²) >= 11 is 0. The van der Waals surface area contributed by atoms with Crippen molar-refractivity contribution in [2.45, 2.75) is 45.4 Å². The third kappa shape index (κ3) is 4.36. The fourth-order valence-electron chi connectivity index (χ4n) is 4.92. The molecule has 2 aromatic carbocycles. The smallest absolute Gasteiger partial charge is 0.312 e. The van der Waals surface area contributed by atoms with Gasteiger partial charge in [-0.2, -0.15) is 0 Å². The SMILES string of the molecule is CCOC(=O)C1(CC2CCC2)CCN(C(=O)c2c(F)cccc2-c2ccccc2)CC1. The van der Waals surface area contributed by atoms with Gasteiger partial charge in [-0.1, -0.05) is 61.7 Å². The van der Waals surface area contributed by atoms with Crippen LogP contribution in [0.5, 0.6) is 0 Å². The molecule has 0 spiro atoms. The standard InChI is InChI=1S/C26H30FNO3/c1-2-31-25(30)26(18-19-8-6-9-19)14-16-28(17-15-26)24(29)23-21(12-7-13-22(23)27)20-10-4-3-5-11-20/h3-5,7,10-13,19H,2,6,8-9,14-18H2,1H3. The number of benzene rings is 2. The van der Waals surface area contributed by atoms with Crippen LogP contribution in [0, 0.1) is 17.2 Å². The third-order valence-corrected chi connectivity index (χ3v) is 6.93. The molecule has 5 heteroatoms. The molecular weight excluding hydrogens is 393 g/mol. The minimum atomic E-state index is -0.518. The molecule has 1 amide bonds. The molecule has 1 aliphatic carbocycles. The second kappa shape index (κ2) is 9.21. The summed E-state index contributed by atoms with van der Waals surface area (Å²) in [6.45, 7) is 3.07. The first-order valence-electron chi connectivity index (χ1n) is 11.3. The first-order chi connectivity index (χ1) is 15.0. The van der Waals surface area contributed by atoms with Crippen molar-refractivity contribution in [1.29, 1.82) is 0 Å². The first kappa shape index (κ1) is 21.5. The molecule has 0 radical (unpaired) electrons. The van der Waals surface area contributed by atoms with Gasteiger partial charge in [-0.3, -0.25) is 9.59 Å². The lowest BCUT2D eigenvalue weighted by atomic mass is 9.67. The molecule has 4 rings (SSSR count). The van der Waals surface area contributed by atoms with Crippen LogP contribution in [0.4, 0.5) is 4.39 Å². The number of likely N-dealkylation sites (tertiary alicyclic amines) is 1. The van der Waals surface area contributed by atoms with Crippen LogP contribution >= 0.6 is 0 Å². The van der Waals surface area contributed by atoms with Gasteiger partial charge in [-0.15, -0.1) is 0 Å². The summed E-state index contributed by atoms with van der Waals surface area (Å²) in [5.74, 6) is -0.381. The number of halogens is 1. The summed E-state index contributed by atoms with van der Waals surface area (Å²) in [6.07, 6.45) is 5.54. The Morgan fingerprint density at radius 3 is 2.39 bits per heavy atom. The van der Waals surface area contributed by atoms with Crippen molar-refractivity contribution in [1.82, 2.24) is 4.90 Å². The van der Waals surface area contributed by atoms with E-state index in [1.807, 2.05) is 37.3 Å². The molecule has 1 saturated heterocycles. The van der Waals surface area contributed by atoms with Crippen molar-refractivity contribution in [3.05, 3.63) is 59.9 Å². The minimum Gasteiger partial charge on any atom is -0.466 e. The van der Waals surface area contributed by atoms with E-state index >= 15 is 0 Å². The molecule has 0 N–H and O–H groups in total. The number of amides is 1. The summed E-state index contributed by atoms with van der Waals surface area (Å²) in [5.41, 5.74) is 1.00. The molecule has 1 aliphatic heterocycles. The molecule has 2 fully saturated rings. The van der Waals surface area contributed by atoms with Gasteiger partial charge in [0, 0.05) is 13.1 Å². The van der Waals surface area contributed by atoms with E-state index in [2.05, 4.69) is 0 Å². The van der Waals surface area contributed by atoms with Crippen molar-refractivity contribution >= 4 is 11.9 Å². The van der Waals surface area contributed by atoms with Crippen LogP contribution in [-0.4, -0.2) is 36.5 Å². The molecular formula is C26H30FNO3. The topological polar surface area (TPSA) is 46.6 Å². The lowest BCUT2D eigenvalue weighted by Crippen LogP contribution is -2.48. The Hall–Kier alpha value is -2.69. The Morgan fingerprint density at radius 2 is 1.77 bits per heavy atom. The molecule has 0 aromatic heterocycles. The van der Waals surface area contributed by atoms with Crippen molar-refractivity contribution in [2.75, 3.05) is 19.7 Å². The van der Waals surface area contributed by atoms with Crippen molar-refractivity contribution in [3.63, 3.8) is 0 Å². The second-order valence-electron chi connectivity index (χ2n) is 8.82. The normalized spacial score (nSPS) is 18.3. The quantitative estimate of drug-likeness (QED) is 0.579. The maximum atomic E-state index is 14.8. The molecule has 164 valence electrons. The Morgan fingerprint density at radius 1 is 1.06 bits per heavy atom. The van der Waals surface area contributed by atoms with Crippen LogP contribution < -0.4 is 0 Å². The van der Waals surface area contributed by atoms with Crippen LogP contribution in [-0.2, 0) is 9.53 Å². The largest absolute Gasteiger partial charge is 0.466 e. The molecule has 31 heavy (non-hydrogen) atoms. The highest BCUT2D eigenvalue weighted by molar-refractivity contribution is 6.01. The summed E-state index contributed by atoms with van der Waals surface area (Å²) in [6, 6.07) is 14.2. The van der Waals surface area contributed by atoms with E-state index < -0.39 is 11.2 Å². The summed E-state index contributed by atoms with van der Waals surface area (Å²) in [5, 5.41) is 0. The molecule has 2 aromatic rings. The highest BCUT2D eigenvalue weighted by atomic mass is 19.1. The number of rotatable bonds is 6. The Balaban J connectivity index is 1.55. The maximum absolute atomic E-state index is 14.8. The van der Waals surface area contributed by atoms with Gasteiger partial charge < -0.3 is 9.64 Å². The summed E-state index contributed by atoms with van der Waals surface area (Å²) in [4.78, 5) is 27.9. The van der Waals surface area contributed by atoms with Gasteiger partial charge in [-0.05, 0) is 49.3 Å². The Labute approximate surface area is 183 Å². The minimum absolute atomic E-state index is 0.108. The third-order valence-electron chi connectivity index (χ3n) is 6.93. The van der Waals surface area contributed by atoms with Gasteiger partial charge in [0.25, 0.3) is 5.91 Å². The predicted molar refractivity (Wildman–Crippen MR) is 118 cm³/mol. The summed E-state index contributed by atoms with van der Waals surface area (Å²) in [7, 11) is 0.